The summed E-state index contributed by atoms with van der Waals surface area (Å²) in [4.78, 5) is 15.8. The van der Waals surface area contributed by atoms with Crippen LogP contribution in [-0.4, -0.2) is 19.4 Å². The van der Waals surface area contributed by atoms with Crippen LogP contribution >= 0.6 is 0 Å². The Morgan fingerprint density at radius 2 is 1.13 bits per heavy atom. The van der Waals surface area contributed by atoms with Crippen LogP contribution < -0.4 is 0 Å². The Bertz CT molecular complexity index is 2810. The Kier molecular flexibility index (Phi) is 4.96. The van der Waals surface area contributed by atoms with E-state index in [2.05, 4.69) is 138 Å². The van der Waals surface area contributed by atoms with Crippen molar-refractivity contribution in [3.8, 4) is 22.5 Å². The minimum absolute atomic E-state index is 0.873. The highest BCUT2D eigenvalue weighted by Gasteiger charge is 2.19. The molecule has 0 aliphatic rings. The van der Waals surface area contributed by atoms with Gasteiger partial charge in [-0.15, -0.1) is 0 Å². The van der Waals surface area contributed by atoms with Crippen molar-refractivity contribution in [2.24, 2.45) is 0 Å². The molecule has 0 atom stereocenters. The number of imidazole rings is 1. The third kappa shape index (κ3) is 3.51. The summed E-state index contributed by atoms with van der Waals surface area (Å²) >= 11 is 0. The molecule has 0 radical (unpaired) electrons. The van der Waals surface area contributed by atoms with Gasteiger partial charge in [0, 0.05) is 33.5 Å². The van der Waals surface area contributed by atoms with Gasteiger partial charge in [-0.3, -0.25) is 4.40 Å². The highest BCUT2D eigenvalue weighted by atomic mass is 15.0. The number of fused-ring (bicyclic) bond motifs is 13. The standard InChI is InChI=1S/C41H24N4/c1-2-12-27(13-3-1)37-38(42-34-22-19-26-11-5-7-15-30(26)39(34)44-37)28-18-20-31-33(24-28)36-29-14-6-4-10-25(29)17-21-32(36)40-41(31)45-23-9-8-16-35(45)43-40/h1-24H. The summed E-state index contributed by atoms with van der Waals surface area (Å²) in [6.07, 6.45) is 2.11. The second-order valence-electron chi connectivity index (χ2n) is 11.6. The van der Waals surface area contributed by atoms with Crippen molar-refractivity contribution in [2.45, 2.75) is 0 Å². The van der Waals surface area contributed by atoms with Crippen molar-refractivity contribution < 1.29 is 0 Å². The number of nitrogens with zero attached hydrogens (tertiary/aromatic N) is 4. The molecular formula is C41H24N4. The van der Waals surface area contributed by atoms with Crippen LogP contribution in [0.1, 0.15) is 0 Å². The van der Waals surface area contributed by atoms with Crippen LogP contribution in [0.2, 0.25) is 0 Å². The fraction of sp³-hybridized carbons (Fsp3) is 0. The van der Waals surface area contributed by atoms with E-state index in [1.807, 2.05) is 12.1 Å². The molecule has 0 amide bonds. The predicted molar refractivity (Wildman–Crippen MR) is 187 cm³/mol. The van der Waals surface area contributed by atoms with Gasteiger partial charge in [-0.05, 0) is 51.2 Å². The SMILES string of the molecule is c1ccc(-c2nc3c(ccc4ccccc43)nc2-c2ccc3c(c2)c2c4ccccc4ccc2c2nc4ccccn4c32)cc1. The van der Waals surface area contributed by atoms with Crippen molar-refractivity contribution >= 4 is 70.8 Å². The molecule has 3 aromatic heterocycles. The summed E-state index contributed by atoms with van der Waals surface area (Å²) in [6.45, 7) is 0. The fourth-order valence-corrected chi connectivity index (χ4v) is 7.09. The van der Waals surface area contributed by atoms with E-state index >= 15 is 0 Å². The molecule has 3 heterocycles. The highest BCUT2D eigenvalue weighted by Crippen LogP contribution is 2.42. The highest BCUT2D eigenvalue weighted by molar-refractivity contribution is 6.31. The monoisotopic (exact) mass is 572 g/mol. The number of rotatable bonds is 2. The van der Waals surface area contributed by atoms with E-state index in [1.54, 1.807) is 0 Å². The topological polar surface area (TPSA) is 43.1 Å². The lowest BCUT2D eigenvalue weighted by Crippen LogP contribution is -1.96. The quantitative estimate of drug-likeness (QED) is 0.194. The van der Waals surface area contributed by atoms with E-state index < -0.39 is 0 Å². The van der Waals surface area contributed by atoms with Crippen LogP contribution in [0.15, 0.2) is 146 Å². The van der Waals surface area contributed by atoms with Gasteiger partial charge in [-0.25, -0.2) is 15.0 Å². The normalized spacial score (nSPS) is 12.0. The van der Waals surface area contributed by atoms with Gasteiger partial charge in [0.15, 0.2) is 0 Å². The average Bonchev–Trinajstić information content (AvgIpc) is 3.51. The maximum Gasteiger partial charge on any atom is 0.137 e. The zero-order valence-electron chi connectivity index (χ0n) is 24.1. The first-order chi connectivity index (χ1) is 22.3. The molecule has 0 saturated carbocycles. The fourth-order valence-electron chi connectivity index (χ4n) is 7.09. The number of pyridine rings is 1. The molecule has 10 rings (SSSR count). The van der Waals surface area contributed by atoms with Gasteiger partial charge in [-0.2, -0.15) is 0 Å². The van der Waals surface area contributed by atoms with Gasteiger partial charge in [0.2, 0.25) is 0 Å². The van der Waals surface area contributed by atoms with E-state index in [9.17, 15) is 0 Å². The average molecular weight is 573 g/mol. The van der Waals surface area contributed by atoms with Crippen LogP contribution in [0.5, 0.6) is 0 Å². The Balaban J connectivity index is 1.36. The molecule has 208 valence electrons. The molecule has 0 saturated heterocycles. The van der Waals surface area contributed by atoms with Gasteiger partial charge in [0.25, 0.3) is 0 Å². The van der Waals surface area contributed by atoms with E-state index in [0.717, 1.165) is 71.8 Å². The first kappa shape index (κ1) is 24.3. The zero-order valence-corrected chi connectivity index (χ0v) is 24.1. The van der Waals surface area contributed by atoms with Crippen molar-refractivity contribution in [1.82, 2.24) is 19.4 Å². The predicted octanol–water partition coefficient (Wildman–Crippen LogP) is 10.4. The van der Waals surface area contributed by atoms with Crippen molar-refractivity contribution in [3.63, 3.8) is 0 Å². The second kappa shape index (κ2) is 9.18. The first-order valence-electron chi connectivity index (χ1n) is 15.2. The molecule has 0 aliphatic carbocycles. The van der Waals surface area contributed by atoms with Gasteiger partial charge >= 0.3 is 0 Å². The third-order valence-corrected chi connectivity index (χ3v) is 9.14. The number of hydrogen-bond acceptors (Lipinski definition) is 3. The number of benzene rings is 7. The Morgan fingerprint density at radius 3 is 2.02 bits per heavy atom. The lowest BCUT2D eigenvalue weighted by atomic mass is 9.92. The van der Waals surface area contributed by atoms with Gasteiger partial charge in [-0.1, -0.05) is 115 Å². The van der Waals surface area contributed by atoms with E-state index in [1.165, 1.54) is 21.5 Å². The molecular weight excluding hydrogens is 548 g/mol. The van der Waals surface area contributed by atoms with E-state index in [-0.39, 0.29) is 0 Å². The van der Waals surface area contributed by atoms with E-state index in [0.29, 0.717) is 0 Å². The molecule has 0 spiro atoms. The molecule has 0 unspecified atom stereocenters. The van der Waals surface area contributed by atoms with Crippen LogP contribution in [0.4, 0.5) is 0 Å². The molecule has 7 aromatic carbocycles. The van der Waals surface area contributed by atoms with Crippen LogP contribution in [-0.2, 0) is 0 Å². The summed E-state index contributed by atoms with van der Waals surface area (Å²) in [6, 6.07) is 49.1. The zero-order chi connectivity index (χ0) is 29.5. The largest absolute Gasteiger partial charge is 0.299 e. The number of aromatic nitrogens is 4. The molecule has 10 aromatic rings. The molecule has 0 aliphatic heterocycles. The maximum absolute atomic E-state index is 5.35. The Labute approximate surface area is 257 Å². The summed E-state index contributed by atoms with van der Waals surface area (Å²) in [7, 11) is 0. The number of hydrogen-bond donors (Lipinski definition) is 0. The van der Waals surface area contributed by atoms with Crippen molar-refractivity contribution in [3.05, 3.63) is 146 Å². The van der Waals surface area contributed by atoms with Crippen LogP contribution in [0, 0.1) is 0 Å². The van der Waals surface area contributed by atoms with Gasteiger partial charge in [0.05, 0.1) is 33.5 Å². The van der Waals surface area contributed by atoms with E-state index in [4.69, 9.17) is 15.0 Å². The van der Waals surface area contributed by atoms with Crippen molar-refractivity contribution in [1.29, 1.82) is 0 Å². The molecule has 0 bridgehead atoms. The molecule has 4 heteroatoms. The minimum Gasteiger partial charge on any atom is -0.299 e. The first-order valence-corrected chi connectivity index (χ1v) is 15.2. The molecule has 0 N–H and O–H groups in total. The lowest BCUT2D eigenvalue weighted by molar-refractivity contribution is 1.23. The molecule has 4 nitrogen and oxygen atoms in total. The second-order valence-corrected chi connectivity index (χ2v) is 11.6. The summed E-state index contributed by atoms with van der Waals surface area (Å²) in [5.41, 5.74) is 8.71. The molecule has 45 heavy (non-hydrogen) atoms. The smallest absolute Gasteiger partial charge is 0.137 e. The minimum atomic E-state index is 0.873. The lowest BCUT2D eigenvalue weighted by Gasteiger charge is -2.14. The Morgan fingerprint density at radius 1 is 0.422 bits per heavy atom. The van der Waals surface area contributed by atoms with Gasteiger partial charge < -0.3 is 0 Å². The Hall–Kier alpha value is -6.13. The van der Waals surface area contributed by atoms with Gasteiger partial charge in [0.1, 0.15) is 5.65 Å². The molecule has 0 fully saturated rings. The summed E-state index contributed by atoms with van der Waals surface area (Å²) in [5, 5.41) is 9.40. The van der Waals surface area contributed by atoms with Crippen LogP contribution in [0.3, 0.4) is 0 Å². The summed E-state index contributed by atoms with van der Waals surface area (Å²) < 4.78 is 2.21. The van der Waals surface area contributed by atoms with Crippen molar-refractivity contribution in [2.75, 3.05) is 0 Å². The summed E-state index contributed by atoms with van der Waals surface area (Å²) in [5.74, 6) is 0. The third-order valence-electron chi connectivity index (χ3n) is 9.14. The van der Waals surface area contributed by atoms with Crippen LogP contribution in [0.25, 0.3) is 93.3 Å². The maximum atomic E-state index is 5.35.